The van der Waals surface area contributed by atoms with Gasteiger partial charge in [-0.15, -0.1) is 11.3 Å². The molecule has 0 bridgehead atoms. The first-order valence-electron chi connectivity index (χ1n) is 6.06. The monoisotopic (exact) mass is 262 g/mol. The summed E-state index contributed by atoms with van der Waals surface area (Å²) in [5, 5.41) is 6.69. The fraction of sp³-hybridized carbons (Fsp3) is 0.385. The predicted octanol–water partition coefficient (Wildman–Crippen LogP) is 1.80. The first-order valence-corrected chi connectivity index (χ1v) is 6.94. The molecule has 0 aliphatic rings. The number of pyridine rings is 1. The quantitative estimate of drug-likeness (QED) is 0.779. The van der Waals surface area contributed by atoms with Crippen LogP contribution < -0.4 is 11.1 Å². The molecule has 0 saturated carbocycles. The summed E-state index contributed by atoms with van der Waals surface area (Å²) in [6.45, 7) is 3.92. The van der Waals surface area contributed by atoms with Crippen LogP contribution >= 0.6 is 11.3 Å². The molecule has 3 N–H and O–H groups in total. The van der Waals surface area contributed by atoms with Crippen LogP contribution in [-0.2, 0) is 12.8 Å². The third-order valence-corrected chi connectivity index (χ3v) is 3.61. The van der Waals surface area contributed by atoms with Gasteiger partial charge in [-0.25, -0.2) is 4.98 Å². The van der Waals surface area contributed by atoms with Gasteiger partial charge in [-0.05, 0) is 19.1 Å². The molecule has 0 amide bonds. The number of hydrogen-bond acceptors (Lipinski definition) is 5. The molecule has 18 heavy (non-hydrogen) atoms. The number of nitrogen functional groups attached to an aromatic ring is 1. The van der Waals surface area contributed by atoms with Crippen molar-refractivity contribution >= 4 is 17.0 Å². The van der Waals surface area contributed by atoms with E-state index in [4.69, 9.17) is 5.73 Å². The smallest absolute Gasteiger partial charge is 0.0940 e. The van der Waals surface area contributed by atoms with Crippen molar-refractivity contribution in [3.8, 4) is 0 Å². The molecule has 0 atom stereocenters. The van der Waals surface area contributed by atoms with E-state index in [1.165, 1.54) is 5.01 Å². The SMILES string of the molecule is Cc1csc(CCNCCc2ccc(N)cn2)n1. The van der Waals surface area contributed by atoms with E-state index in [0.29, 0.717) is 5.69 Å². The molecule has 96 valence electrons. The van der Waals surface area contributed by atoms with Crippen molar-refractivity contribution in [3.05, 3.63) is 40.1 Å². The van der Waals surface area contributed by atoms with Crippen molar-refractivity contribution < 1.29 is 0 Å². The summed E-state index contributed by atoms with van der Waals surface area (Å²) in [6.07, 6.45) is 3.62. The van der Waals surface area contributed by atoms with Gasteiger partial charge < -0.3 is 11.1 Å². The Labute approximate surface area is 111 Å². The summed E-state index contributed by atoms with van der Waals surface area (Å²) in [4.78, 5) is 8.69. The number of nitrogens with one attached hydrogen (secondary N) is 1. The number of rotatable bonds is 6. The van der Waals surface area contributed by atoms with E-state index < -0.39 is 0 Å². The molecule has 0 saturated heterocycles. The Hall–Kier alpha value is -1.46. The number of nitrogens with two attached hydrogens (primary N) is 1. The number of thiazole rings is 1. The minimum absolute atomic E-state index is 0.714. The van der Waals surface area contributed by atoms with E-state index in [-0.39, 0.29) is 0 Å². The molecule has 2 aromatic heterocycles. The summed E-state index contributed by atoms with van der Waals surface area (Å²) in [6, 6.07) is 3.86. The van der Waals surface area contributed by atoms with Gasteiger partial charge in [-0.2, -0.15) is 0 Å². The van der Waals surface area contributed by atoms with E-state index in [9.17, 15) is 0 Å². The average molecular weight is 262 g/mol. The molecule has 0 aliphatic heterocycles. The summed E-state index contributed by atoms with van der Waals surface area (Å²) >= 11 is 1.73. The van der Waals surface area contributed by atoms with Gasteiger partial charge in [0.2, 0.25) is 0 Å². The molecule has 2 rings (SSSR count). The van der Waals surface area contributed by atoms with Gasteiger partial charge in [-0.3, -0.25) is 4.98 Å². The molecular formula is C13H18N4S. The number of aryl methyl sites for hydroxylation is 1. The highest BCUT2D eigenvalue weighted by atomic mass is 32.1. The summed E-state index contributed by atoms with van der Waals surface area (Å²) in [5.74, 6) is 0. The Balaban J connectivity index is 1.63. The van der Waals surface area contributed by atoms with Crippen LogP contribution in [0.25, 0.3) is 0 Å². The highest BCUT2D eigenvalue weighted by Crippen LogP contribution is 2.08. The standard InChI is InChI=1S/C13H18N4S/c1-10-9-18-13(17-10)5-7-15-6-4-12-3-2-11(14)8-16-12/h2-3,8-9,15H,4-7,14H2,1H3. The van der Waals surface area contributed by atoms with Crippen LogP contribution in [0.1, 0.15) is 16.4 Å². The van der Waals surface area contributed by atoms with Crippen LogP contribution in [0, 0.1) is 6.92 Å². The second kappa shape index (κ2) is 6.47. The molecule has 2 heterocycles. The third-order valence-electron chi connectivity index (χ3n) is 2.59. The van der Waals surface area contributed by atoms with Crippen molar-refractivity contribution in [3.63, 3.8) is 0 Å². The average Bonchev–Trinajstić information content (AvgIpc) is 2.77. The van der Waals surface area contributed by atoms with Gasteiger partial charge >= 0.3 is 0 Å². The van der Waals surface area contributed by atoms with Crippen LogP contribution in [0.2, 0.25) is 0 Å². The number of nitrogens with zero attached hydrogens (tertiary/aromatic N) is 2. The van der Waals surface area contributed by atoms with Crippen molar-refractivity contribution in [1.82, 2.24) is 15.3 Å². The van der Waals surface area contributed by atoms with Crippen LogP contribution in [0.4, 0.5) is 5.69 Å². The molecule has 2 aromatic rings. The predicted molar refractivity (Wildman–Crippen MR) is 75.8 cm³/mol. The van der Waals surface area contributed by atoms with E-state index in [1.54, 1.807) is 17.5 Å². The molecule has 0 spiro atoms. The normalized spacial score (nSPS) is 10.7. The second-order valence-electron chi connectivity index (χ2n) is 4.22. The van der Waals surface area contributed by atoms with E-state index in [1.807, 2.05) is 19.1 Å². The maximum atomic E-state index is 5.59. The van der Waals surface area contributed by atoms with Gasteiger partial charge in [0.25, 0.3) is 0 Å². The van der Waals surface area contributed by atoms with Gasteiger partial charge in [0.1, 0.15) is 0 Å². The Bertz CT molecular complexity index is 478. The van der Waals surface area contributed by atoms with Crippen LogP contribution in [-0.4, -0.2) is 23.1 Å². The van der Waals surface area contributed by atoms with E-state index in [0.717, 1.165) is 37.3 Å². The largest absolute Gasteiger partial charge is 0.397 e. The minimum Gasteiger partial charge on any atom is -0.397 e. The number of aromatic nitrogens is 2. The molecule has 0 unspecified atom stereocenters. The van der Waals surface area contributed by atoms with Crippen LogP contribution in [0.5, 0.6) is 0 Å². The van der Waals surface area contributed by atoms with Gasteiger partial charge in [-0.1, -0.05) is 0 Å². The maximum Gasteiger partial charge on any atom is 0.0940 e. The van der Waals surface area contributed by atoms with Crippen molar-refractivity contribution in [2.24, 2.45) is 0 Å². The molecule has 5 heteroatoms. The van der Waals surface area contributed by atoms with E-state index >= 15 is 0 Å². The summed E-state index contributed by atoms with van der Waals surface area (Å²) in [5.41, 5.74) is 8.48. The molecule has 4 nitrogen and oxygen atoms in total. The van der Waals surface area contributed by atoms with Crippen LogP contribution in [0.15, 0.2) is 23.7 Å². The molecule has 0 aliphatic carbocycles. The number of anilines is 1. The zero-order valence-electron chi connectivity index (χ0n) is 10.5. The first-order chi connectivity index (χ1) is 8.74. The molecule has 0 fully saturated rings. The van der Waals surface area contributed by atoms with E-state index in [2.05, 4.69) is 20.7 Å². The molecular weight excluding hydrogens is 244 g/mol. The fourth-order valence-electron chi connectivity index (χ4n) is 1.64. The maximum absolute atomic E-state index is 5.59. The lowest BCUT2D eigenvalue weighted by Crippen LogP contribution is -2.20. The molecule has 0 radical (unpaired) electrons. The highest BCUT2D eigenvalue weighted by molar-refractivity contribution is 7.09. The third kappa shape index (κ3) is 4.09. The second-order valence-corrected chi connectivity index (χ2v) is 5.16. The topological polar surface area (TPSA) is 63.8 Å². The highest BCUT2D eigenvalue weighted by Gasteiger charge is 1.98. The Kier molecular flexibility index (Phi) is 4.66. The van der Waals surface area contributed by atoms with Crippen molar-refractivity contribution in [2.45, 2.75) is 19.8 Å². The lowest BCUT2D eigenvalue weighted by Gasteiger charge is -2.03. The zero-order chi connectivity index (χ0) is 12.8. The lowest BCUT2D eigenvalue weighted by atomic mass is 10.2. The summed E-state index contributed by atoms with van der Waals surface area (Å²) in [7, 11) is 0. The first kappa shape index (κ1) is 13.0. The summed E-state index contributed by atoms with van der Waals surface area (Å²) < 4.78 is 0. The van der Waals surface area contributed by atoms with Gasteiger partial charge in [0.05, 0.1) is 16.9 Å². The van der Waals surface area contributed by atoms with Crippen molar-refractivity contribution in [1.29, 1.82) is 0 Å². The lowest BCUT2D eigenvalue weighted by molar-refractivity contribution is 0.674. The number of hydrogen-bond donors (Lipinski definition) is 2. The van der Waals surface area contributed by atoms with Gasteiger partial charge in [0.15, 0.2) is 0 Å². The Morgan fingerprint density at radius 3 is 2.78 bits per heavy atom. The zero-order valence-corrected chi connectivity index (χ0v) is 11.3. The molecule has 0 aromatic carbocycles. The minimum atomic E-state index is 0.714. The van der Waals surface area contributed by atoms with Crippen molar-refractivity contribution in [2.75, 3.05) is 18.8 Å². The fourth-order valence-corrected chi connectivity index (χ4v) is 2.41. The van der Waals surface area contributed by atoms with Crippen LogP contribution in [0.3, 0.4) is 0 Å². The Morgan fingerprint density at radius 1 is 1.28 bits per heavy atom. The Morgan fingerprint density at radius 2 is 2.11 bits per heavy atom. The van der Waals surface area contributed by atoms with Gasteiger partial charge in [0, 0.05) is 42.7 Å².